The minimum absolute atomic E-state index is 0.0927. The predicted molar refractivity (Wildman–Crippen MR) is 70.9 cm³/mol. The van der Waals surface area contributed by atoms with Crippen molar-refractivity contribution in [2.45, 2.75) is 33.7 Å². The van der Waals surface area contributed by atoms with Gasteiger partial charge in [0.15, 0.2) is 0 Å². The van der Waals surface area contributed by atoms with E-state index in [1.165, 1.54) is 0 Å². The molecule has 1 rings (SSSR count). The van der Waals surface area contributed by atoms with Crippen molar-refractivity contribution >= 4 is 11.6 Å². The number of imidazole rings is 1. The van der Waals surface area contributed by atoms with Gasteiger partial charge < -0.3 is 20.7 Å². The van der Waals surface area contributed by atoms with Crippen molar-refractivity contribution in [3.05, 3.63) is 15.9 Å². The van der Waals surface area contributed by atoms with Gasteiger partial charge in [-0.3, -0.25) is 4.57 Å². The zero-order valence-corrected chi connectivity index (χ0v) is 11.2. The van der Waals surface area contributed by atoms with Crippen LogP contribution in [0.25, 0.3) is 0 Å². The van der Waals surface area contributed by atoms with E-state index in [4.69, 9.17) is 0 Å². The molecular weight excluding hydrogens is 234 g/mol. The standard InChI is InChI=1S/C11H21N5O2/c1-4-6-12-7-8-13-10-11(16(17)18)14-9(3)15(10)5-2/h12-13H,4-8H2,1-3H3. The number of nitrogens with zero attached hydrogens (tertiary/aromatic N) is 3. The summed E-state index contributed by atoms with van der Waals surface area (Å²) in [4.78, 5) is 14.4. The van der Waals surface area contributed by atoms with Gasteiger partial charge in [-0.15, -0.1) is 0 Å². The molecule has 7 nitrogen and oxygen atoms in total. The lowest BCUT2D eigenvalue weighted by Crippen LogP contribution is -2.23. The first-order chi connectivity index (χ1) is 8.61. The highest BCUT2D eigenvalue weighted by Crippen LogP contribution is 2.24. The maximum Gasteiger partial charge on any atom is 0.406 e. The third kappa shape index (κ3) is 3.43. The highest BCUT2D eigenvalue weighted by Gasteiger charge is 2.23. The van der Waals surface area contributed by atoms with Crippen LogP contribution < -0.4 is 10.6 Å². The Hall–Kier alpha value is -1.63. The fraction of sp³-hybridized carbons (Fsp3) is 0.727. The van der Waals surface area contributed by atoms with E-state index < -0.39 is 4.92 Å². The number of aromatic nitrogens is 2. The summed E-state index contributed by atoms with van der Waals surface area (Å²) < 4.78 is 1.82. The molecule has 0 atom stereocenters. The van der Waals surface area contributed by atoms with Crippen LogP contribution in [0.5, 0.6) is 0 Å². The smallest absolute Gasteiger partial charge is 0.363 e. The summed E-state index contributed by atoms with van der Waals surface area (Å²) in [7, 11) is 0. The molecule has 0 aliphatic heterocycles. The van der Waals surface area contributed by atoms with Crippen LogP contribution in [0, 0.1) is 17.0 Å². The van der Waals surface area contributed by atoms with Gasteiger partial charge in [-0.2, -0.15) is 0 Å². The lowest BCUT2D eigenvalue weighted by molar-refractivity contribution is -0.388. The normalized spacial score (nSPS) is 10.6. The first-order valence-corrected chi connectivity index (χ1v) is 6.27. The molecule has 18 heavy (non-hydrogen) atoms. The summed E-state index contributed by atoms with van der Waals surface area (Å²) in [6.45, 7) is 8.86. The van der Waals surface area contributed by atoms with E-state index in [1.54, 1.807) is 6.92 Å². The van der Waals surface area contributed by atoms with Gasteiger partial charge in [-0.05, 0) is 29.8 Å². The number of hydrogen-bond acceptors (Lipinski definition) is 5. The van der Waals surface area contributed by atoms with Crippen LogP contribution in [-0.4, -0.2) is 34.1 Å². The van der Waals surface area contributed by atoms with Crippen LogP contribution in [-0.2, 0) is 6.54 Å². The quantitative estimate of drug-likeness (QED) is 0.418. The zero-order valence-electron chi connectivity index (χ0n) is 11.2. The molecule has 0 amide bonds. The highest BCUT2D eigenvalue weighted by molar-refractivity contribution is 5.53. The second kappa shape index (κ2) is 6.95. The van der Waals surface area contributed by atoms with Crippen LogP contribution in [0.1, 0.15) is 26.1 Å². The molecule has 2 N–H and O–H groups in total. The monoisotopic (exact) mass is 255 g/mol. The summed E-state index contributed by atoms with van der Waals surface area (Å²) in [5, 5.41) is 17.2. The fourth-order valence-corrected chi connectivity index (χ4v) is 1.81. The minimum Gasteiger partial charge on any atom is -0.363 e. The Bertz CT molecular complexity index is 402. The van der Waals surface area contributed by atoms with E-state index in [9.17, 15) is 10.1 Å². The largest absolute Gasteiger partial charge is 0.406 e. The number of anilines is 1. The van der Waals surface area contributed by atoms with Gasteiger partial charge in [-0.25, -0.2) is 0 Å². The number of rotatable bonds is 8. The van der Waals surface area contributed by atoms with Crippen LogP contribution in [0.15, 0.2) is 0 Å². The molecule has 0 spiro atoms. The molecule has 1 aromatic heterocycles. The van der Waals surface area contributed by atoms with Gasteiger partial charge in [0.1, 0.15) is 0 Å². The van der Waals surface area contributed by atoms with E-state index in [2.05, 4.69) is 22.5 Å². The van der Waals surface area contributed by atoms with Crippen molar-refractivity contribution < 1.29 is 4.92 Å². The van der Waals surface area contributed by atoms with Gasteiger partial charge in [0.2, 0.25) is 11.6 Å². The average Bonchev–Trinajstić information content (AvgIpc) is 2.65. The minimum atomic E-state index is -0.443. The molecule has 0 aliphatic rings. The lowest BCUT2D eigenvalue weighted by atomic mass is 10.4. The van der Waals surface area contributed by atoms with E-state index in [0.29, 0.717) is 24.7 Å². The first kappa shape index (κ1) is 14.4. The molecule has 0 radical (unpaired) electrons. The Kier molecular flexibility index (Phi) is 5.57. The number of aryl methyl sites for hydroxylation is 1. The average molecular weight is 255 g/mol. The Balaban J connectivity index is 2.70. The summed E-state index contributed by atoms with van der Waals surface area (Å²) in [6, 6.07) is 0. The molecule has 0 saturated heterocycles. The maximum atomic E-state index is 10.9. The van der Waals surface area contributed by atoms with Gasteiger partial charge in [0.05, 0.1) is 0 Å². The predicted octanol–water partition coefficient (Wildman–Crippen LogP) is 1.53. The SMILES string of the molecule is CCCNCCNc1c([N+](=O)[O-])nc(C)n1CC. The molecule has 1 aromatic rings. The second-order valence-electron chi connectivity index (χ2n) is 4.01. The number of nitrogens with one attached hydrogen (secondary N) is 2. The van der Waals surface area contributed by atoms with Gasteiger partial charge in [0.25, 0.3) is 0 Å². The van der Waals surface area contributed by atoms with Crippen molar-refractivity contribution in [3.8, 4) is 0 Å². The lowest BCUT2D eigenvalue weighted by Gasteiger charge is -2.09. The zero-order chi connectivity index (χ0) is 13.5. The molecule has 0 fully saturated rings. The molecule has 0 aromatic carbocycles. The molecule has 0 bridgehead atoms. The maximum absolute atomic E-state index is 10.9. The molecule has 7 heteroatoms. The van der Waals surface area contributed by atoms with Crippen LogP contribution in [0.4, 0.5) is 11.6 Å². The first-order valence-electron chi connectivity index (χ1n) is 6.27. The Morgan fingerprint density at radius 3 is 2.61 bits per heavy atom. The Morgan fingerprint density at radius 1 is 1.33 bits per heavy atom. The van der Waals surface area contributed by atoms with Gasteiger partial charge in [-0.1, -0.05) is 6.92 Å². The van der Waals surface area contributed by atoms with Gasteiger partial charge in [0, 0.05) is 26.6 Å². The van der Waals surface area contributed by atoms with Crippen molar-refractivity contribution in [1.29, 1.82) is 0 Å². The van der Waals surface area contributed by atoms with E-state index in [-0.39, 0.29) is 5.82 Å². The third-order valence-corrected chi connectivity index (χ3v) is 2.65. The number of hydrogen-bond donors (Lipinski definition) is 2. The molecule has 0 saturated carbocycles. The van der Waals surface area contributed by atoms with E-state index in [0.717, 1.165) is 19.5 Å². The fourth-order valence-electron chi connectivity index (χ4n) is 1.81. The van der Waals surface area contributed by atoms with Crippen molar-refractivity contribution in [2.75, 3.05) is 25.0 Å². The Morgan fingerprint density at radius 2 is 2.06 bits per heavy atom. The topological polar surface area (TPSA) is 85.0 Å². The van der Waals surface area contributed by atoms with Crippen LogP contribution >= 0.6 is 0 Å². The molecular formula is C11H21N5O2. The summed E-state index contributed by atoms with van der Waals surface area (Å²) >= 11 is 0. The third-order valence-electron chi connectivity index (χ3n) is 2.65. The van der Waals surface area contributed by atoms with Crippen molar-refractivity contribution in [2.24, 2.45) is 0 Å². The number of nitro groups is 1. The van der Waals surface area contributed by atoms with Gasteiger partial charge >= 0.3 is 5.82 Å². The Labute approximate surface area is 107 Å². The van der Waals surface area contributed by atoms with E-state index in [1.807, 2.05) is 11.5 Å². The van der Waals surface area contributed by atoms with Crippen LogP contribution in [0.3, 0.4) is 0 Å². The summed E-state index contributed by atoms with van der Waals surface area (Å²) in [5.74, 6) is 1.07. The van der Waals surface area contributed by atoms with Crippen molar-refractivity contribution in [3.63, 3.8) is 0 Å². The molecule has 1 heterocycles. The molecule has 102 valence electrons. The molecule has 0 unspecified atom stereocenters. The van der Waals surface area contributed by atoms with Crippen LogP contribution in [0.2, 0.25) is 0 Å². The molecule has 0 aliphatic carbocycles. The van der Waals surface area contributed by atoms with Crippen molar-refractivity contribution in [1.82, 2.24) is 14.9 Å². The summed E-state index contributed by atoms with van der Waals surface area (Å²) in [6.07, 6.45) is 1.08. The second-order valence-corrected chi connectivity index (χ2v) is 4.01. The highest BCUT2D eigenvalue weighted by atomic mass is 16.6. The summed E-state index contributed by atoms with van der Waals surface area (Å²) in [5.41, 5.74) is 0. The van der Waals surface area contributed by atoms with E-state index >= 15 is 0 Å².